The molecule has 6 rings (SSSR count). The van der Waals surface area contributed by atoms with Crippen molar-refractivity contribution in [2.75, 3.05) is 60.0 Å². The third-order valence-corrected chi connectivity index (χ3v) is 14.7. The third kappa shape index (κ3) is 52.5. The summed E-state index contributed by atoms with van der Waals surface area (Å²) in [5.74, 6) is -9.42. The van der Waals surface area contributed by atoms with Crippen molar-refractivity contribution in [1.82, 2.24) is 31.9 Å². The SMILES string of the molecule is C=C1CC=C(CCOC(=O)/C=C/C(=O)O)C(=O)N1.C=C1CC=C(CCOC(=O)/C=C/C(=O)OC(C)(C)C)C(=O)N1.C=C1CC=C(CCOC(=O)/C=C/C(=O)OC(C)C)C(=O)N1.C=C1CC=C(CCOC(=O)/C=C/C(=O)OC)C(=O)N1.C=C1CC=C(CCOC(=O)/C=C/C(=O)OCC(C)C)C(=O)N1.C=C1CC=C(CCOC(=O)/C=C/C(=O)OCC)C(=O)N1. The number of allylic oxidation sites excluding steroid dienone is 6. The number of hydrogen-bond acceptors (Lipinski definition) is 29. The average Bonchev–Trinajstić information content (AvgIpc) is 0.905. The molecule has 0 aromatic rings. The van der Waals surface area contributed by atoms with Gasteiger partial charge in [-0.1, -0.05) is 89.8 Å². The molecule has 0 radical (unpaired) electrons. The van der Waals surface area contributed by atoms with Crippen molar-refractivity contribution >= 4 is 107 Å². The Morgan fingerprint density at radius 1 is 0.344 bits per heavy atom. The minimum Gasteiger partial charge on any atom is -0.478 e. The lowest BCUT2D eigenvalue weighted by Crippen LogP contribution is -2.27. The molecule has 36 nitrogen and oxygen atoms in total. The fourth-order valence-electron chi connectivity index (χ4n) is 8.92. The number of rotatable bonds is 34. The minimum atomic E-state index is -1.22. The number of methoxy groups -OCH3 is 1. The van der Waals surface area contributed by atoms with E-state index in [1.165, 1.54) is 7.11 Å². The first-order valence-electron chi connectivity index (χ1n) is 37.7. The van der Waals surface area contributed by atoms with E-state index in [0.29, 0.717) is 151 Å². The van der Waals surface area contributed by atoms with Crippen LogP contribution in [-0.4, -0.2) is 184 Å². The maximum Gasteiger partial charge on any atom is 0.331 e. The highest BCUT2D eigenvalue weighted by molar-refractivity contribution is 6.00. The highest BCUT2D eigenvalue weighted by Gasteiger charge is 2.22. The molecule has 0 saturated carbocycles. The molecule has 6 heterocycles. The number of carbonyl (C=O) groups is 18. The van der Waals surface area contributed by atoms with Crippen LogP contribution in [0.2, 0.25) is 0 Å². The lowest BCUT2D eigenvalue weighted by atomic mass is 10.1. The Morgan fingerprint density at radius 2 is 0.557 bits per heavy atom. The minimum absolute atomic E-state index is 0.0223. The summed E-state index contributed by atoms with van der Waals surface area (Å²) in [5, 5.41) is 23.9. The number of amides is 6. The highest BCUT2D eigenvalue weighted by Crippen LogP contribution is 2.19. The van der Waals surface area contributed by atoms with Gasteiger partial charge in [-0.25, -0.2) is 57.5 Å². The number of carbonyl (C=O) groups excluding carboxylic acids is 17. The van der Waals surface area contributed by atoms with Crippen LogP contribution in [0.15, 0.2) is 216 Å². The van der Waals surface area contributed by atoms with Crippen LogP contribution in [0.4, 0.5) is 0 Å². The van der Waals surface area contributed by atoms with Crippen molar-refractivity contribution in [3.63, 3.8) is 0 Å². The Morgan fingerprint density at radius 3 is 0.762 bits per heavy atom. The largest absolute Gasteiger partial charge is 0.478 e. The van der Waals surface area contributed by atoms with Gasteiger partial charge in [0.05, 0.1) is 66.1 Å². The Hall–Kier alpha value is -14.2. The van der Waals surface area contributed by atoms with Gasteiger partial charge < -0.3 is 89.1 Å². The molecular formula is C86H106N6O30. The molecule has 0 aliphatic carbocycles. The highest BCUT2D eigenvalue weighted by atomic mass is 16.6. The van der Waals surface area contributed by atoms with E-state index in [0.717, 1.165) is 66.8 Å². The van der Waals surface area contributed by atoms with E-state index in [9.17, 15) is 86.3 Å². The first-order valence-corrected chi connectivity index (χ1v) is 37.7. The molecule has 6 amide bonds. The van der Waals surface area contributed by atoms with E-state index < -0.39 is 77.2 Å². The van der Waals surface area contributed by atoms with Gasteiger partial charge in [0, 0.05) is 218 Å². The molecule has 0 unspecified atom stereocenters. The van der Waals surface area contributed by atoms with Gasteiger partial charge in [-0.2, -0.15) is 0 Å². The second-order valence-electron chi connectivity index (χ2n) is 27.1. The predicted molar refractivity (Wildman–Crippen MR) is 437 cm³/mol. The van der Waals surface area contributed by atoms with Gasteiger partial charge in [0.15, 0.2) is 0 Å². The lowest BCUT2D eigenvalue weighted by Gasteiger charge is -2.17. The number of ether oxygens (including phenoxy) is 11. The van der Waals surface area contributed by atoms with Crippen LogP contribution in [-0.2, 0) is 138 Å². The van der Waals surface area contributed by atoms with E-state index in [2.05, 4.69) is 80.8 Å². The molecule has 0 saturated heterocycles. The summed E-state index contributed by atoms with van der Waals surface area (Å²) in [7, 11) is 1.21. The standard InChI is InChI=1S/2C16H21NO5.C15H19NO5.C14H17NO5.C13H15NO5.C12H13NO5/c1-11-5-6-12(15(20)17-11)9-10-21-13(18)7-8-14(19)22-16(2,3)4;1-11(2)10-22-15(19)7-6-14(18)21-9-8-13-5-4-12(3)17-16(13)20;1-10(2)21-14(18)7-6-13(17)20-9-8-12-5-4-11(3)16-15(12)19;1-3-19-12(16)6-7-13(17)20-9-8-11-5-4-10(2)15-14(11)18;1-9-3-4-10(13(17)14-9)7-8-19-12(16)6-5-11(15)18-2;1-8-2-3-9(12(17)13-8)6-7-18-11(16)5-4-10(14)15/h6-8H,1,5,9-10H2,2-4H3,(H,17,20);5-7,11H,3-4,8-10H2,1-2H3,(H,17,20);5-7,10H,3-4,8-9H2,1-2H3,(H,16,19);5-7H,2-4,8-9H2,1H3,(H,15,18);4-6H,1,3,7-8H2,2H3,(H,14,17);3-5H,1-2,6-7H2,(H,13,17)(H,14,15)/b8-7+;3*7-6+;6-5+;5-4+. The van der Waals surface area contributed by atoms with Crippen LogP contribution in [0.1, 0.15) is 132 Å². The van der Waals surface area contributed by atoms with Gasteiger partial charge >= 0.3 is 71.6 Å². The van der Waals surface area contributed by atoms with Crippen molar-refractivity contribution in [3.8, 4) is 0 Å². The number of aliphatic carboxylic acids is 1. The van der Waals surface area contributed by atoms with Crippen LogP contribution in [0.3, 0.4) is 0 Å². The van der Waals surface area contributed by atoms with Gasteiger partial charge in [-0.15, -0.1) is 0 Å². The zero-order valence-corrected chi connectivity index (χ0v) is 69.7. The second-order valence-corrected chi connectivity index (χ2v) is 27.1. The Bertz CT molecular complexity index is 4340. The van der Waals surface area contributed by atoms with E-state index in [1.807, 2.05) is 13.8 Å². The fourth-order valence-corrected chi connectivity index (χ4v) is 8.92. The van der Waals surface area contributed by atoms with Gasteiger partial charge in [0.25, 0.3) is 35.4 Å². The molecule has 0 bridgehead atoms. The summed E-state index contributed by atoms with van der Waals surface area (Å²) in [6, 6.07) is 0. The Balaban J connectivity index is 0.000000733. The summed E-state index contributed by atoms with van der Waals surface area (Å²) in [6.07, 6.45) is 27.1. The smallest absolute Gasteiger partial charge is 0.331 e. The van der Waals surface area contributed by atoms with Crippen molar-refractivity contribution < 1.29 is 144 Å². The molecule has 0 atom stereocenters. The maximum atomic E-state index is 11.6. The normalized spacial score (nSPS) is 15.0. The van der Waals surface area contributed by atoms with E-state index in [1.54, 1.807) is 78.0 Å². The van der Waals surface area contributed by atoms with Gasteiger partial charge in [-0.05, 0) is 47.5 Å². The molecule has 660 valence electrons. The number of hydrogen-bond donors (Lipinski definition) is 7. The summed E-state index contributed by atoms with van der Waals surface area (Å²) in [4.78, 5) is 202. The summed E-state index contributed by atoms with van der Waals surface area (Å²) < 4.78 is 52.8. The zero-order valence-electron chi connectivity index (χ0n) is 69.7. The first-order chi connectivity index (χ1) is 57.5. The monoisotopic (exact) mass is 1700 g/mol. The van der Waals surface area contributed by atoms with Crippen LogP contribution in [0, 0.1) is 5.92 Å². The molecule has 6 aliphatic rings. The molecule has 122 heavy (non-hydrogen) atoms. The van der Waals surface area contributed by atoms with Crippen LogP contribution >= 0.6 is 0 Å². The molecule has 0 fully saturated rings. The van der Waals surface area contributed by atoms with Gasteiger partial charge in [0.1, 0.15) is 5.60 Å². The van der Waals surface area contributed by atoms with Gasteiger partial charge in [-0.3, -0.25) is 28.8 Å². The molecule has 7 N–H and O–H groups in total. The second kappa shape index (κ2) is 58.6. The van der Waals surface area contributed by atoms with Crippen molar-refractivity contribution in [2.24, 2.45) is 5.92 Å². The van der Waals surface area contributed by atoms with Crippen LogP contribution in [0.5, 0.6) is 0 Å². The quantitative estimate of drug-likeness (QED) is 0.0195. The third-order valence-electron chi connectivity index (χ3n) is 14.7. The average molecular weight is 1700 g/mol. The van der Waals surface area contributed by atoms with Crippen molar-refractivity contribution in [1.29, 1.82) is 0 Å². The first kappa shape index (κ1) is 106. The van der Waals surface area contributed by atoms with E-state index in [-0.39, 0.29) is 100 Å². The van der Waals surface area contributed by atoms with Crippen LogP contribution < -0.4 is 31.9 Å². The summed E-state index contributed by atoms with van der Waals surface area (Å²) >= 11 is 0. The van der Waals surface area contributed by atoms with E-state index in [4.69, 9.17) is 47.7 Å². The fraction of sp³-hybridized carbons (Fsp3) is 0.372. The van der Waals surface area contributed by atoms with Crippen LogP contribution in [0.25, 0.3) is 0 Å². The number of carboxylic acids is 1. The predicted octanol–water partition coefficient (Wildman–Crippen LogP) is 6.93. The lowest BCUT2D eigenvalue weighted by molar-refractivity contribution is -0.149. The van der Waals surface area contributed by atoms with E-state index >= 15 is 0 Å². The van der Waals surface area contributed by atoms with Gasteiger partial charge in [0.2, 0.25) is 0 Å². The molecule has 6 aliphatic heterocycles. The van der Waals surface area contributed by atoms with Crippen molar-refractivity contribution in [2.45, 2.75) is 144 Å². The van der Waals surface area contributed by atoms with Crippen molar-refractivity contribution in [3.05, 3.63) is 216 Å². The molecule has 0 aromatic heterocycles. The molecule has 0 aromatic carbocycles. The summed E-state index contributed by atoms with van der Waals surface area (Å²) in [5.41, 5.74) is 6.54. The Kier molecular flexibility index (Phi) is 50.8. The number of esters is 11. The molecule has 36 heteroatoms. The molecule has 0 spiro atoms. The summed E-state index contributed by atoms with van der Waals surface area (Å²) in [6.45, 7) is 36.9. The topological polar surface area (TPSA) is 501 Å². The molecular weight excluding hydrogens is 1600 g/mol. The maximum absolute atomic E-state index is 11.6. The number of carboxylic acid groups (broad SMARTS) is 1. The number of nitrogens with one attached hydrogen (secondary N) is 6. The zero-order chi connectivity index (χ0) is 91.9. The Labute approximate surface area is 706 Å².